The molecule has 3 rings (SSSR count). The minimum atomic E-state index is -3.24. The molecule has 2 aromatic carbocycles. The zero-order valence-corrected chi connectivity index (χ0v) is 14.7. The van der Waals surface area contributed by atoms with Crippen LogP contribution in [0.1, 0.15) is 5.56 Å². The van der Waals surface area contributed by atoms with Gasteiger partial charge in [0.05, 0.1) is 17.7 Å². The van der Waals surface area contributed by atoms with Crippen molar-refractivity contribution in [1.82, 2.24) is 10.3 Å². The van der Waals surface area contributed by atoms with Gasteiger partial charge in [-0.15, -0.1) is 0 Å². The molecule has 1 aromatic heterocycles. The van der Waals surface area contributed by atoms with Crippen LogP contribution in [0.4, 0.5) is 23.2 Å². The maximum atomic E-state index is 13.4. The lowest BCUT2D eigenvalue weighted by Gasteiger charge is -2.27. The molecule has 0 spiro atoms. The van der Waals surface area contributed by atoms with E-state index in [1.165, 1.54) is 30.5 Å². The van der Waals surface area contributed by atoms with Gasteiger partial charge in [0.2, 0.25) is 0 Å². The molecule has 2 amide bonds. The maximum absolute atomic E-state index is 13.4. The Bertz CT molecular complexity index is 1060. The number of carbonyl (C=O) groups excluding carboxylic acids is 2. The summed E-state index contributed by atoms with van der Waals surface area (Å²) in [6, 6.07) is 8.68. The number of anilines is 1. The van der Waals surface area contributed by atoms with Crippen LogP contribution in [0.25, 0.3) is 10.9 Å². The summed E-state index contributed by atoms with van der Waals surface area (Å²) in [7, 11) is 0. The van der Waals surface area contributed by atoms with E-state index < -0.39 is 42.0 Å². The fourth-order valence-corrected chi connectivity index (χ4v) is 2.73. The first-order chi connectivity index (χ1) is 13.7. The van der Waals surface area contributed by atoms with Crippen molar-refractivity contribution >= 4 is 28.4 Å². The first-order valence-electron chi connectivity index (χ1n) is 8.33. The molecule has 0 radical (unpaired) electrons. The van der Waals surface area contributed by atoms with E-state index in [-0.39, 0.29) is 22.2 Å². The quantitative estimate of drug-likeness (QED) is 0.386. The van der Waals surface area contributed by atoms with E-state index in [1.54, 1.807) is 6.07 Å². The molecule has 0 aliphatic rings. The number of fused-ring (bicyclic) bond motifs is 1. The molecule has 0 aliphatic heterocycles. The van der Waals surface area contributed by atoms with Crippen LogP contribution in [-0.4, -0.2) is 34.9 Å². The normalized spacial score (nSPS) is 13.3. The molecular formula is C19H15F4N3O3. The van der Waals surface area contributed by atoms with Crippen molar-refractivity contribution in [3.05, 3.63) is 65.9 Å². The van der Waals surface area contributed by atoms with Gasteiger partial charge in [0.25, 0.3) is 6.43 Å². The third-order valence-electron chi connectivity index (χ3n) is 4.33. The van der Waals surface area contributed by atoms with Crippen molar-refractivity contribution in [3.8, 4) is 0 Å². The van der Waals surface area contributed by atoms with E-state index in [0.29, 0.717) is 0 Å². The lowest BCUT2D eigenvalue weighted by Crippen LogP contribution is -2.48. The molecule has 1 heterocycles. The molecule has 152 valence electrons. The highest BCUT2D eigenvalue weighted by atomic mass is 19.3. The summed E-state index contributed by atoms with van der Waals surface area (Å²) >= 11 is 0. The summed E-state index contributed by atoms with van der Waals surface area (Å²) in [5.74, 6) is -4.78. The van der Waals surface area contributed by atoms with Gasteiger partial charge >= 0.3 is 11.8 Å². The summed E-state index contributed by atoms with van der Waals surface area (Å²) in [4.78, 5) is 26.7. The number of rotatable bonds is 5. The van der Waals surface area contributed by atoms with Gasteiger partial charge in [-0.1, -0.05) is 30.3 Å². The topological polar surface area (TPSA) is 94.2 Å². The Morgan fingerprint density at radius 1 is 1.07 bits per heavy atom. The second kappa shape index (κ2) is 7.92. The number of hydrogen-bond donors (Lipinski definition) is 4. The molecule has 3 aromatic rings. The summed E-state index contributed by atoms with van der Waals surface area (Å²) < 4.78 is 53.4. The highest BCUT2D eigenvalue weighted by Crippen LogP contribution is 2.28. The monoisotopic (exact) mass is 409 g/mol. The van der Waals surface area contributed by atoms with E-state index in [0.717, 1.165) is 12.1 Å². The second-order valence-corrected chi connectivity index (χ2v) is 6.24. The summed E-state index contributed by atoms with van der Waals surface area (Å²) in [5.41, 5.74) is -2.66. The maximum Gasteiger partial charge on any atom is 0.313 e. The molecule has 10 heteroatoms. The highest BCUT2D eigenvalue weighted by molar-refractivity contribution is 6.40. The number of halogens is 4. The van der Waals surface area contributed by atoms with E-state index in [4.69, 9.17) is 0 Å². The van der Waals surface area contributed by atoms with E-state index >= 15 is 0 Å². The van der Waals surface area contributed by atoms with Crippen molar-refractivity contribution in [2.75, 3.05) is 11.9 Å². The fraction of sp³-hybridized carbons (Fsp3) is 0.158. The van der Waals surface area contributed by atoms with Gasteiger partial charge in [-0.3, -0.25) is 9.59 Å². The van der Waals surface area contributed by atoms with Crippen LogP contribution in [-0.2, 0) is 15.2 Å². The van der Waals surface area contributed by atoms with Crippen molar-refractivity contribution in [1.29, 1.82) is 0 Å². The molecule has 1 atom stereocenters. The Balaban J connectivity index is 1.71. The first kappa shape index (κ1) is 20.3. The van der Waals surface area contributed by atoms with Crippen LogP contribution < -0.4 is 10.6 Å². The molecule has 0 unspecified atom stereocenters. The number of benzene rings is 2. The van der Waals surface area contributed by atoms with Gasteiger partial charge in [0.15, 0.2) is 17.2 Å². The molecule has 0 fully saturated rings. The lowest BCUT2D eigenvalue weighted by molar-refractivity contribution is -0.139. The molecule has 0 saturated heterocycles. The molecule has 4 N–H and O–H groups in total. The van der Waals surface area contributed by atoms with E-state index in [2.05, 4.69) is 10.3 Å². The van der Waals surface area contributed by atoms with Gasteiger partial charge in [-0.05, 0) is 11.6 Å². The number of amides is 2. The number of aromatic nitrogens is 1. The van der Waals surface area contributed by atoms with Gasteiger partial charge in [0, 0.05) is 17.6 Å². The van der Waals surface area contributed by atoms with Crippen molar-refractivity contribution in [2.24, 2.45) is 0 Å². The highest BCUT2D eigenvalue weighted by Gasteiger charge is 2.40. The first-order valence-corrected chi connectivity index (χ1v) is 8.33. The van der Waals surface area contributed by atoms with Crippen molar-refractivity contribution in [2.45, 2.75) is 12.0 Å². The minimum absolute atomic E-state index is 0.00812. The Kier molecular flexibility index (Phi) is 5.55. The Hall–Kier alpha value is -3.40. The predicted octanol–water partition coefficient (Wildman–Crippen LogP) is 2.65. The molecule has 6 nitrogen and oxygen atoms in total. The van der Waals surface area contributed by atoms with E-state index in [1.807, 2.05) is 5.32 Å². The number of carbonyl (C=O) groups is 2. The van der Waals surface area contributed by atoms with Crippen LogP contribution in [0.3, 0.4) is 0 Å². The summed E-state index contributed by atoms with van der Waals surface area (Å²) in [6.07, 6.45) is -2.02. The SMILES string of the molecule is O=C(NC[C@@](O)(c1ccccc1)C(F)F)C(=O)Nc1c[nH]c2cc(F)c(F)cc12. The van der Waals surface area contributed by atoms with Crippen LogP contribution >= 0.6 is 0 Å². The fourth-order valence-electron chi connectivity index (χ4n) is 2.73. The van der Waals surface area contributed by atoms with Gasteiger partial charge in [0.1, 0.15) is 0 Å². The molecule has 0 aliphatic carbocycles. The predicted molar refractivity (Wildman–Crippen MR) is 96.2 cm³/mol. The second-order valence-electron chi connectivity index (χ2n) is 6.24. The molecule has 29 heavy (non-hydrogen) atoms. The molecule has 0 saturated carbocycles. The lowest BCUT2D eigenvalue weighted by atomic mass is 9.94. The Labute approximate surface area is 161 Å². The Morgan fingerprint density at radius 3 is 2.38 bits per heavy atom. The van der Waals surface area contributed by atoms with Crippen molar-refractivity contribution < 1.29 is 32.3 Å². The number of alkyl halides is 2. The van der Waals surface area contributed by atoms with Crippen LogP contribution in [0, 0.1) is 11.6 Å². The number of aromatic amines is 1. The van der Waals surface area contributed by atoms with E-state index in [9.17, 15) is 32.3 Å². The Morgan fingerprint density at radius 2 is 1.72 bits per heavy atom. The zero-order chi connectivity index (χ0) is 21.2. The third-order valence-corrected chi connectivity index (χ3v) is 4.33. The average molecular weight is 409 g/mol. The minimum Gasteiger partial charge on any atom is -0.377 e. The number of aliphatic hydroxyl groups is 1. The van der Waals surface area contributed by atoms with Crippen molar-refractivity contribution in [3.63, 3.8) is 0 Å². The number of nitrogens with one attached hydrogen (secondary N) is 3. The summed E-state index contributed by atoms with van der Waals surface area (Å²) in [5, 5.41) is 14.5. The van der Waals surface area contributed by atoms with Gasteiger partial charge < -0.3 is 20.7 Å². The largest absolute Gasteiger partial charge is 0.377 e. The zero-order valence-electron chi connectivity index (χ0n) is 14.7. The average Bonchev–Trinajstić information content (AvgIpc) is 3.08. The number of hydrogen-bond acceptors (Lipinski definition) is 3. The summed E-state index contributed by atoms with van der Waals surface area (Å²) in [6.45, 7) is -0.922. The number of H-pyrrole nitrogens is 1. The third kappa shape index (κ3) is 4.06. The standard InChI is InChI=1S/C19H15F4N3O3/c20-12-6-11-14(7-13(12)21)24-8-15(11)26-17(28)16(27)25-9-19(29,18(22)23)10-4-2-1-3-5-10/h1-8,18,24,29H,9H2,(H,25,27)(H,26,28)/t19-/m1/s1. The molecule has 0 bridgehead atoms. The van der Waals surface area contributed by atoms with Crippen LogP contribution in [0.5, 0.6) is 0 Å². The van der Waals surface area contributed by atoms with Crippen LogP contribution in [0.15, 0.2) is 48.7 Å². The smallest absolute Gasteiger partial charge is 0.313 e. The van der Waals surface area contributed by atoms with Crippen LogP contribution in [0.2, 0.25) is 0 Å². The van der Waals surface area contributed by atoms with Gasteiger partial charge in [-0.2, -0.15) is 0 Å². The molecular weight excluding hydrogens is 394 g/mol. The van der Waals surface area contributed by atoms with Gasteiger partial charge in [-0.25, -0.2) is 17.6 Å².